The number of hydrogen-bond donors (Lipinski definition) is 1. The van der Waals surface area contributed by atoms with Crippen LogP contribution in [0.15, 0.2) is 18.6 Å². The molecule has 23 heavy (non-hydrogen) atoms. The van der Waals surface area contributed by atoms with Crippen LogP contribution in [0.4, 0.5) is 5.00 Å². The number of carbonyl (C=O) groups excluding carboxylic acids is 2. The molecule has 0 atom stereocenters. The van der Waals surface area contributed by atoms with Gasteiger partial charge in [-0.15, -0.1) is 11.3 Å². The van der Waals surface area contributed by atoms with Crippen molar-refractivity contribution in [2.45, 2.75) is 32.6 Å². The van der Waals surface area contributed by atoms with Gasteiger partial charge in [-0.3, -0.25) is 9.78 Å². The highest BCUT2D eigenvalue weighted by Gasteiger charge is 2.28. The fraction of sp³-hybridized carbons (Fsp3) is 0.375. The maximum absolute atomic E-state index is 12.4. The first-order valence-corrected chi connectivity index (χ1v) is 8.41. The van der Waals surface area contributed by atoms with Crippen molar-refractivity contribution in [2.24, 2.45) is 0 Å². The van der Waals surface area contributed by atoms with Crippen LogP contribution in [0.5, 0.6) is 0 Å². The van der Waals surface area contributed by atoms with E-state index in [4.69, 9.17) is 4.74 Å². The summed E-state index contributed by atoms with van der Waals surface area (Å²) in [5.41, 5.74) is 1.74. The average molecular weight is 331 g/mol. The van der Waals surface area contributed by atoms with Gasteiger partial charge in [-0.05, 0) is 31.2 Å². The maximum atomic E-state index is 12.4. The van der Waals surface area contributed by atoms with Crippen LogP contribution in [-0.4, -0.2) is 28.5 Å². The molecule has 2 aromatic rings. The van der Waals surface area contributed by atoms with Gasteiger partial charge in [0.15, 0.2) is 0 Å². The van der Waals surface area contributed by atoms with E-state index in [1.807, 2.05) is 6.92 Å². The summed E-state index contributed by atoms with van der Waals surface area (Å²) in [4.78, 5) is 33.7. The SMILES string of the molecule is CCCOC(=O)c1c(NC(=O)c2cnccn2)sc2c1CCC2. The van der Waals surface area contributed by atoms with Crippen molar-refractivity contribution in [2.75, 3.05) is 11.9 Å². The van der Waals surface area contributed by atoms with E-state index in [1.165, 1.54) is 29.9 Å². The van der Waals surface area contributed by atoms with Crippen molar-refractivity contribution in [1.29, 1.82) is 0 Å². The van der Waals surface area contributed by atoms with Crippen LogP contribution in [0, 0.1) is 0 Å². The Labute approximate surface area is 137 Å². The van der Waals surface area contributed by atoms with Crippen molar-refractivity contribution in [1.82, 2.24) is 9.97 Å². The normalized spacial score (nSPS) is 12.7. The molecule has 3 rings (SSSR count). The number of thiophene rings is 1. The Morgan fingerprint density at radius 1 is 1.35 bits per heavy atom. The summed E-state index contributed by atoms with van der Waals surface area (Å²) in [5, 5.41) is 3.34. The van der Waals surface area contributed by atoms with Crippen LogP contribution in [-0.2, 0) is 17.6 Å². The standard InChI is InChI=1S/C16H17N3O3S/c1-2-8-22-16(21)13-10-4-3-5-12(10)23-15(13)19-14(20)11-9-17-6-7-18-11/h6-7,9H,2-5,8H2,1H3,(H,19,20). The van der Waals surface area contributed by atoms with E-state index in [1.54, 1.807) is 0 Å². The third-order valence-electron chi connectivity index (χ3n) is 3.59. The molecule has 6 nitrogen and oxygen atoms in total. The van der Waals surface area contributed by atoms with Crippen molar-refractivity contribution >= 4 is 28.2 Å². The number of nitrogens with zero attached hydrogens (tertiary/aromatic N) is 2. The van der Waals surface area contributed by atoms with Gasteiger partial charge in [-0.1, -0.05) is 6.92 Å². The van der Waals surface area contributed by atoms with Gasteiger partial charge in [-0.25, -0.2) is 9.78 Å². The molecule has 1 amide bonds. The quantitative estimate of drug-likeness (QED) is 0.852. The molecular weight excluding hydrogens is 314 g/mol. The lowest BCUT2D eigenvalue weighted by atomic mass is 10.1. The Kier molecular flexibility index (Phi) is 4.66. The lowest BCUT2D eigenvalue weighted by molar-refractivity contribution is 0.0505. The molecule has 1 N–H and O–H groups in total. The van der Waals surface area contributed by atoms with Crippen LogP contribution in [0.2, 0.25) is 0 Å². The molecule has 0 fully saturated rings. The van der Waals surface area contributed by atoms with Gasteiger partial charge >= 0.3 is 5.97 Å². The number of hydrogen-bond acceptors (Lipinski definition) is 6. The minimum absolute atomic E-state index is 0.217. The Hall–Kier alpha value is -2.28. The summed E-state index contributed by atoms with van der Waals surface area (Å²) in [7, 11) is 0. The molecular formula is C16H17N3O3S. The second kappa shape index (κ2) is 6.87. The third-order valence-corrected chi connectivity index (χ3v) is 4.79. The zero-order chi connectivity index (χ0) is 16.2. The highest BCUT2D eigenvalue weighted by molar-refractivity contribution is 7.17. The first kappa shape index (κ1) is 15.6. The van der Waals surface area contributed by atoms with Gasteiger partial charge in [0.25, 0.3) is 5.91 Å². The second-order valence-electron chi connectivity index (χ2n) is 5.24. The summed E-state index contributed by atoms with van der Waals surface area (Å²) in [6.45, 7) is 2.32. The molecule has 2 aromatic heterocycles. The van der Waals surface area contributed by atoms with Gasteiger partial charge in [-0.2, -0.15) is 0 Å². The Morgan fingerprint density at radius 3 is 2.96 bits per heavy atom. The molecule has 1 aliphatic rings. The average Bonchev–Trinajstić information content (AvgIpc) is 3.14. The zero-order valence-electron chi connectivity index (χ0n) is 12.8. The number of fused-ring (bicyclic) bond motifs is 1. The molecule has 120 valence electrons. The summed E-state index contributed by atoms with van der Waals surface area (Å²) < 4.78 is 5.28. The molecule has 0 unspecified atom stereocenters. The highest BCUT2D eigenvalue weighted by atomic mass is 32.1. The zero-order valence-corrected chi connectivity index (χ0v) is 13.6. The van der Waals surface area contributed by atoms with Crippen molar-refractivity contribution in [3.8, 4) is 0 Å². The number of anilines is 1. The largest absolute Gasteiger partial charge is 0.462 e. The van der Waals surface area contributed by atoms with E-state index < -0.39 is 0 Å². The number of aromatic nitrogens is 2. The van der Waals surface area contributed by atoms with E-state index in [0.29, 0.717) is 17.2 Å². The van der Waals surface area contributed by atoms with E-state index in [9.17, 15) is 9.59 Å². The second-order valence-corrected chi connectivity index (χ2v) is 6.35. The monoisotopic (exact) mass is 331 g/mol. The number of amides is 1. The van der Waals surface area contributed by atoms with Gasteiger partial charge in [0.2, 0.25) is 0 Å². The van der Waals surface area contributed by atoms with Crippen molar-refractivity contribution in [3.05, 3.63) is 40.3 Å². The van der Waals surface area contributed by atoms with Gasteiger partial charge in [0, 0.05) is 17.3 Å². The highest BCUT2D eigenvalue weighted by Crippen LogP contribution is 2.39. The first-order chi connectivity index (χ1) is 11.2. The predicted molar refractivity (Wildman–Crippen MR) is 86.9 cm³/mol. The molecule has 0 aromatic carbocycles. The van der Waals surface area contributed by atoms with Gasteiger partial charge < -0.3 is 10.1 Å². The fourth-order valence-corrected chi connectivity index (χ4v) is 3.83. The van der Waals surface area contributed by atoms with E-state index >= 15 is 0 Å². The molecule has 0 bridgehead atoms. The number of aryl methyl sites for hydroxylation is 1. The predicted octanol–water partition coefficient (Wildman–Crippen LogP) is 2.85. The molecule has 2 heterocycles. The Morgan fingerprint density at radius 2 is 2.22 bits per heavy atom. The number of nitrogens with one attached hydrogen (secondary N) is 1. The summed E-state index contributed by atoms with van der Waals surface area (Å²) in [6, 6.07) is 0. The van der Waals surface area contributed by atoms with Crippen LogP contribution in [0.1, 0.15) is 51.1 Å². The molecule has 0 saturated heterocycles. The number of ether oxygens (including phenoxy) is 1. The van der Waals surface area contributed by atoms with Crippen LogP contribution >= 0.6 is 11.3 Å². The topological polar surface area (TPSA) is 81.2 Å². The minimum atomic E-state index is -0.373. The Balaban J connectivity index is 1.87. The molecule has 0 spiro atoms. The lowest BCUT2D eigenvalue weighted by Crippen LogP contribution is -2.16. The summed E-state index contributed by atoms with van der Waals surface area (Å²) >= 11 is 1.45. The van der Waals surface area contributed by atoms with Crippen molar-refractivity contribution < 1.29 is 14.3 Å². The molecule has 0 saturated carbocycles. The number of rotatable bonds is 5. The maximum Gasteiger partial charge on any atom is 0.341 e. The Bertz CT molecular complexity index is 728. The van der Waals surface area contributed by atoms with Gasteiger partial charge in [0.05, 0.1) is 18.4 Å². The van der Waals surface area contributed by atoms with E-state index in [2.05, 4.69) is 15.3 Å². The van der Waals surface area contributed by atoms with E-state index in [-0.39, 0.29) is 17.6 Å². The molecule has 1 aliphatic carbocycles. The number of esters is 1. The summed E-state index contributed by atoms with van der Waals surface area (Å²) in [6.07, 6.45) is 7.95. The van der Waals surface area contributed by atoms with Crippen LogP contribution in [0.3, 0.4) is 0 Å². The number of carbonyl (C=O) groups is 2. The fourth-order valence-electron chi connectivity index (χ4n) is 2.56. The molecule has 0 radical (unpaired) electrons. The minimum Gasteiger partial charge on any atom is -0.462 e. The van der Waals surface area contributed by atoms with Crippen molar-refractivity contribution in [3.63, 3.8) is 0 Å². The molecule has 0 aliphatic heterocycles. The molecule has 7 heteroatoms. The third kappa shape index (κ3) is 3.24. The smallest absolute Gasteiger partial charge is 0.341 e. The van der Waals surface area contributed by atoms with Gasteiger partial charge in [0.1, 0.15) is 10.7 Å². The lowest BCUT2D eigenvalue weighted by Gasteiger charge is -2.08. The van der Waals surface area contributed by atoms with Crippen LogP contribution in [0.25, 0.3) is 0 Å². The summed E-state index contributed by atoms with van der Waals surface area (Å²) in [5.74, 6) is -0.733. The van der Waals surface area contributed by atoms with E-state index in [0.717, 1.165) is 36.1 Å². The van der Waals surface area contributed by atoms with Crippen LogP contribution < -0.4 is 5.32 Å². The first-order valence-electron chi connectivity index (χ1n) is 7.59.